The number of likely N-dealkylation sites (tertiary alicyclic amines) is 1. The lowest BCUT2D eigenvalue weighted by Crippen LogP contribution is -2.40. The minimum Gasteiger partial charge on any atom is -0.464 e. The fourth-order valence-corrected chi connectivity index (χ4v) is 3.49. The van der Waals surface area contributed by atoms with Gasteiger partial charge in [0, 0.05) is 19.5 Å². The maximum absolute atomic E-state index is 12.6. The first-order chi connectivity index (χ1) is 12.5. The number of carbonyl (C=O) groups excluding carboxylic acids is 2. The number of benzene rings is 1. The SMILES string of the molecule is CCN(Cc1ccc(C)o1)C(=O)CN1C[C@@H](Cc2ccccc2)CC1=O. The number of hydrogen-bond donors (Lipinski definition) is 0. The summed E-state index contributed by atoms with van der Waals surface area (Å²) in [5.41, 5.74) is 1.24. The zero-order chi connectivity index (χ0) is 18.5. The molecule has 1 aromatic carbocycles. The molecular weight excluding hydrogens is 328 g/mol. The number of likely N-dealkylation sites (N-methyl/N-ethyl adjacent to an activating group) is 1. The van der Waals surface area contributed by atoms with E-state index in [1.54, 1.807) is 9.80 Å². The van der Waals surface area contributed by atoms with Gasteiger partial charge in [-0.1, -0.05) is 30.3 Å². The van der Waals surface area contributed by atoms with Gasteiger partial charge in [-0.25, -0.2) is 0 Å². The second-order valence-corrected chi connectivity index (χ2v) is 6.95. The van der Waals surface area contributed by atoms with Crippen LogP contribution in [0.4, 0.5) is 0 Å². The molecule has 0 unspecified atom stereocenters. The highest BCUT2D eigenvalue weighted by Crippen LogP contribution is 2.22. The summed E-state index contributed by atoms with van der Waals surface area (Å²) < 4.78 is 5.57. The monoisotopic (exact) mass is 354 g/mol. The smallest absolute Gasteiger partial charge is 0.242 e. The first kappa shape index (κ1) is 18.2. The normalized spacial score (nSPS) is 16.9. The number of amides is 2. The topological polar surface area (TPSA) is 53.8 Å². The van der Waals surface area contributed by atoms with Crippen LogP contribution in [0, 0.1) is 12.8 Å². The molecule has 1 atom stereocenters. The van der Waals surface area contributed by atoms with Gasteiger partial charge in [-0.2, -0.15) is 0 Å². The predicted octanol–water partition coefficient (Wildman–Crippen LogP) is 3.03. The molecule has 1 saturated heterocycles. The Morgan fingerprint density at radius 1 is 1.23 bits per heavy atom. The van der Waals surface area contributed by atoms with Gasteiger partial charge in [0.2, 0.25) is 11.8 Å². The molecule has 0 bridgehead atoms. The van der Waals surface area contributed by atoms with E-state index in [0.29, 0.717) is 26.1 Å². The Kier molecular flexibility index (Phi) is 5.76. The second-order valence-electron chi connectivity index (χ2n) is 6.95. The average Bonchev–Trinajstić information content (AvgIpc) is 3.19. The van der Waals surface area contributed by atoms with Crippen LogP contribution in [0.3, 0.4) is 0 Å². The van der Waals surface area contributed by atoms with E-state index < -0.39 is 0 Å². The van der Waals surface area contributed by atoms with Gasteiger partial charge < -0.3 is 14.2 Å². The molecular formula is C21H26N2O3. The summed E-state index contributed by atoms with van der Waals surface area (Å²) in [5.74, 6) is 1.93. The van der Waals surface area contributed by atoms with Crippen LogP contribution in [0.15, 0.2) is 46.9 Å². The molecule has 0 radical (unpaired) electrons. The van der Waals surface area contributed by atoms with Crippen molar-refractivity contribution in [3.8, 4) is 0 Å². The molecule has 1 aliphatic rings. The molecule has 0 N–H and O–H groups in total. The van der Waals surface area contributed by atoms with Crippen LogP contribution in [-0.2, 0) is 22.6 Å². The van der Waals surface area contributed by atoms with E-state index in [2.05, 4.69) is 12.1 Å². The van der Waals surface area contributed by atoms with Crippen molar-refractivity contribution in [1.82, 2.24) is 9.80 Å². The van der Waals surface area contributed by atoms with E-state index in [1.807, 2.05) is 44.2 Å². The minimum absolute atomic E-state index is 0.0322. The Balaban J connectivity index is 1.55. The van der Waals surface area contributed by atoms with E-state index in [-0.39, 0.29) is 24.3 Å². The lowest BCUT2D eigenvalue weighted by molar-refractivity contribution is -0.138. The molecule has 2 heterocycles. The zero-order valence-electron chi connectivity index (χ0n) is 15.5. The summed E-state index contributed by atoms with van der Waals surface area (Å²) in [4.78, 5) is 28.4. The number of nitrogens with zero attached hydrogens (tertiary/aromatic N) is 2. The van der Waals surface area contributed by atoms with Crippen molar-refractivity contribution in [2.45, 2.75) is 33.2 Å². The van der Waals surface area contributed by atoms with Crippen molar-refractivity contribution in [3.63, 3.8) is 0 Å². The van der Waals surface area contributed by atoms with Crippen molar-refractivity contribution < 1.29 is 14.0 Å². The van der Waals surface area contributed by atoms with Gasteiger partial charge in [0.15, 0.2) is 0 Å². The van der Waals surface area contributed by atoms with E-state index in [9.17, 15) is 9.59 Å². The van der Waals surface area contributed by atoms with E-state index >= 15 is 0 Å². The van der Waals surface area contributed by atoms with Crippen LogP contribution >= 0.6 is 0 Å². The maximum atomic E-state index is 12.6. The fraction of sp³-hybridized carbons (Fsp3) is 0.429. The van der Waals surface area contributed by atoms with Crippen LogP contribution in [0.1, 0.15) is 30.4 Å². The maximum Gasteiger partial charge on any atom is 0.242 e. The summed E-state index contributed by atoms with van der Waals surface area (Å²) in [6.07, 6.45) is 1.39. The van der Waals surface area contributed by atoms with Gasteiger partial charge in [0.25, 0.3) is 0 Å². The molecule has 2 aromatic rings. The van der Waals surface area contributed by atoms with Crippen molar-refractivity contribution in [2.75, 3.05) is 19.6 Å². The molecule has 0 spiro atoms. The van der Waals surface area contributed by atoms with Crippen LogP contribution < -0.4 is 0 Å². The molecule has 5 nitrogen and oxygen atoms in total. The second kappa shape index (κ2) is 8.21. The van der Waals surface area contributed by atoms with Crippen LogP contribution in [0.5, 0.6) is 0 Å². The summed E-state index contributed by atoms with van der Waals surface area (Å²) in [6.45, 7) is 5.66. The largest absolute Gasteiger partial charge is 0.464 e. The molecule has 26 heavy (non-hydrogen) atoms. The Morgan fingerprint density at radius 3 is 2.65 bits per heavy atom. The first-order valence-electron chi connectivity index (χ1n) is 9.20. The lowest BCUT2D eigenvalue weighted by Gasteiger charge is -2.23. The minimum atomic E-state index is -0.0322. The molecule has 5 heteroatoms. The Morgan fingerprint density at radius 2 is 2.00 bits per heavy atom. The molecule has 1 aliphatic heterocycles. The van der Waals surface area contributed by atoms with Crippen LogP contribution in [-0.4, -0.2) is 41.2 Å². The molecule has 3 rings (SSSR count). The standard InChI is InChI=1S/C21H26N2O3/c1-3-22(14-19-10-9-16(2)26-19)21(25)15-23-13-18(12-20(23)24)11-17-7-5-4-6-8-17/h4-10,18H,3,11-15H2,1-2H3/t18-/m0/s1. The highest BCUT2D eigenvalue weighted by Gasteiger charge is 2.31. The Hall–Kier alpha value is -2.56. The van der Waals surface area contributed by atoms with Crippen molar-refractivity contribution in [1.29, 1.82) is 0 Å². The summed E-state index contributed by atoms with van der Waals surface area (Å²) in [7, 11) is 0. The summed E-state index contributed by atoms with van der Waals surface area (Å²) >= 11 is 0. The van der Waals surface area contributed by atoms with Gasteiger partial charge in [0.05, 0.1) is 13.1 Å². The molecule has 2 amide bonds. The number of furan rings is 1. The van der Waals surface area contributed by atoms with Gasteiger partial charge in [-0.05, 0) is 43.9 Å². The highest BCUT2D eigenvalue weighted by molar-refractivity contribution is 5.86. The van der Waals surface area contributed by atoms with Crippen LogP contribution in [0.2, 0.25) is 0 Å². The van der Waals surface area contributed by atoms with Crippen molar-refractivity contribution >= 4 is 11.8 Å². The van der Waals surface area contributed by atoms with E-state index in [4.69, 9.17) is 4.42 Å². The third-order valence-corrected chi connectivity index (χ3v) is 4.87. The third kappa shape index (κ3) is 4.54. The summed E-state index contributed by atoms with van der Waals surface area (Å²) in [5, 5.41) is 0. The number of aryl methyl sites for hydroxylation is 1. The van der Waals surface area contributed by atoms with Crippen molar-refractivity contribution in [2.24, 2.45) is 5.92 Å². The van der Waals surface area contributed by atoms with Gasteiger partial charge >= 0.3 is 0 Å². The van der Waals surface area contributed by atoms with Gasteiger partial charge in [0.1, 0.15) is 11.5 Å². The molecule has 0 saturated carbocycles. The Bertz CT molecular complexity index is 754. The highest BCUT2D eigenvalue weighted by atomic mass is 16.3. The molecule has 138 valence electrons. The van der Waals surface area contributed by atoms with Gasteiger partial charge in [-0.3, -0.25) is 9.59 Å². The number of hydrogen-bond acceptors (Lipinski definition) is 3. The zero-order valence-corrected chi connectivity index (χ0v) is 15.5. The molecule has 1 aromatic heterocycles. The van der Waals surface area contributed by atoms with Crippen molar-refractivity contribution in [3.05, 3.63) is 59.5 Å². The lowest BCUT2D eigenvalue weighted by atomic mass is 9.99. The number of rotatable bonds is 7. The summed E-state index contributed by atoms with van der Waals surface area (Å²) in [6, 6.07) is 14.0. The Labute approximate surface area is 154 Å². The first-order valence-corrected chi connectivity index (χ1v) is 9.20. The fourth-order valence-electron chi connectivity index (χ4n) is 3.49. The predicted molar refractivity (Wildman–Crippen MR) is 99.4 cm³/mol. The molecule has 1 fully saturated rings. The van der Waals surface area contributed by atoms with Gasteiger partial charge in [-0.15, -0.1) is 0 Å². The van der Waals surface area contributed by atoms with E-state index in [1.165, 1.54) is 5.56 Å². The quantitative estimate of drug-likeness (QED) is 0.768. The van der Waals surface area contributed by atoms with Crippen LogP contribution in [0.25, 0.3) is 0 Å². The third-order valence-electron chi connectivity index (χ3n) is 4.87. The molecule has 0 aliphatic carbocycles. The number of carbonyl (C=O) groups is 2. The van der Waals surface area contributed by atoms with E-state index in [0.717, 1.165) is 17.9 Å². The average molecular weight is 354 g/mol.